The second-order valence-electron chi connectivity index (χ2n) is 6.17. The van der Waals surface area contributed by atoms with E-state index in [0.717, 1.165) is 6.04 Å². The fourth-order valence-electron chi connectivity index (χ4n) is 1.89. The summed E-state index contributed by atoms with van der Waals surface area (Å²) < 4.78 is 37.6. The molecule has 10 heteroatoms. The summed E-state index contributed by atoms with van der Waals surface area (Å²) in [6.07, 6.45) is 1.75. The summed E-state index contributed by atoms with van der Waals surface area (Å²) >= 11 is 7.83. The summed E-state index contributed by atoms with van der Waals surface area (Å²) in [6, 6.07) is 1.04. The average Bonchev–Trinajstić information content (AvgIpc) is 2.69. The van der Waals surface area contributed by atoms with Crippen LogP contribution in [0.1, 0.15) is 0 Å². The number of alkyl halides is 2. The Labute approximate surface area is 152 Å². The van der Waals surface area contributed by atoms with Crippen molar-refractivity contribution >= 4 is 53.3 Å². The van der Waals surface area contributed by atoms with E-state index in [0.29, 0.717) is 21.2 Å². The Morgan fingerprint density at radius 2 is 2.04 bits per heavy atom. The van der Waals surface area contributed by atoms with Crippen LogP contribution < -0.4 is 4.74 Å². The van der Waals surface area contributed by atoms with E-state index in [1.54, 1.807) is 10.8 Å². The quantitative estimate of drug-likeness (QED) is 0.254. The molecule has 0 radical (unpaired) electrons. The predicted molar refractivity (Wildman–Crippen MR) is 96.0 cm³/mol. The second-order valence-corrected chi connectivity index (χ2v) is 13.3. The Morgan fingerprint density at radius 1 is 1.35 bits per heavy atom. The first-order valence-corrected chi connectivity index (χ1v) is 12.1. The molecule has 0 atom stereocenters. The minimum atomic E-state index is -2.98. The summed E-state index contributed by atoms with van der Waals surface area (Å²) in [5, 5.41) is 0.259. The van der Waals surface area contributed by atoms with Crippen LogP contribution in [0.25, 0.3) is 11.0 Å². The van der Waals surface area contributed by atoms with Gasteiger partial charge in [0.05, 0.1) is 5.39 Å². The van der Waals surface area contributed by atoms with Gasteiger partial charge in [-0.1, -0.05) is 19.6 Å². The van der Waals surface area contributed by atoms with Gasteiger partial charge in [-0.05, 0) is 40.2 Å². The number of ether oxygens (including phenoxy) is 2. The maximum absolute atomic E-state index is 12.5. The van der Waals surface area contributed by atoms with Gasteiger partial charge in [0, 0.05) is 24.4 Å². The zero-order valence-electron chi connectivity index (χ0n) is 12.9. The van der Waals surface area contributed by atoms with Gasteiger partial charge < -0.3 is 14.0 Å². The summed E-state index contributed by atoms with van der Waals surface area (Å²) in [4.78, 5) is 7.85. The van der Waals surface area contributed by atoms with Crippen LogP contribution in [-0.2, 0) is 11.5 Å². The number of hydrogen-bond acceptors (Lipinski definition) is 4. The third kappa shape index (κ3) is 5.23. The fraction of sp³-hybridized carbons (Fsp3) is 0.538. The van der Waals surface area contributed by atoms with Gasteiger partial charge >= 0.3 is 6.61 Å². The number of fused-ring (bicyclic) bond motifs is 1. The Kier molecular flexibility index (Phi) is 6.20. The van der Waals surface area contributed by atoms with Crippen molar-refractivity contribution in [2.24, 2.45) is 0 Å². The molecular formula is C13H17ClF2IN3O2Si. The van der Waals surface area contributed by atoms with E-state index in [-0.39, 0.29) is 17.9 Å². The van der Waals surface area contributed by atoms with Gasteiger partial charge in [0.2, 0.25) is 11.2 Å². The molecule has 2 aromatic rings. The molecule has 0 N–H and O–H groups in total. The number of aromatic nitrogens is 3. The highest BCUT2D eigenvalue weighted by Gasteiger charge is 2.19. The SMILES string of the molecule is C[Si](C)(C)CCOCn1cc(I)c2c(OC(F)F)nc(Cl)nc21. The molecule has 0 aliphatic carbocycles. The Morgan fingerprint density at radius 3 is 2.65 bits per heavy atom. The number of halogens is 4. The lowest BCUT2D eigenvalue weighted by molar-refractivity contribution is -0.0517. The molecule has 0 bridgehead atoms. The minimum absolute atomic E-state index is 0.147. The van der Waals surface area contributed by atoms with E-state index < -0.39 is 14.7 Å². The molecule has 0 amide bonds. The molecule has 0 aliphatic heterocycles. The van der Waals surface area contributed by atoms with Crippen molar-refractivity contribution < 1.29 is 18.3 Å². The number of hydrogen-bond donors (Lipinski definition) is 0. The molecule has 23 heavy (non-hydrogen) atoms. The van der Waals surface area contributed by atoms with Crippen LogP contribution in [0.15, 0.2) is 6.20 Å². The van der Waals surface area contributed by atoms with Crippen LogP contribution in [0.4, 0.5) is 8.78 Å². The first kappa shape index (κ1) is 18.8. The van der Waals surface area contributed by atoms with Crippen LogP contribution >= 0.6 is 34.2 Å². The van der Waals surface area contributed by atoms with Crippen LogP contribution in [0.2, 0.25) is 31.0 Å². The van der Waals surface area contributed by atoms with Gasteiger partial charge in [0.25, 0.3) is 0 Å². The van der Waals surface area contributed by atoms with Crippen molar-refractivity contribution in [2.75, 3.05) is 6.61 Å². The monoisotopic (exact) mass is 475 g/mol. The highest BCUT2D eigenvalue weighted by Crippen LogP contribution is 2.31. The van der Waals surface area contributed by atoms with E-state index in [1.165, 1.54) is 0 Å². The third-order valence-corrected chi connectivity index (χ3v) is 5.73. The lowest BCUT2D eigenvalue weighted by Gasteiger charge is -2.15. The first-order chi connectivity index (χ1) is 10.7. The maximum atomic E-state index is 12.5. The smallest absolute Gasteiger partial charge is 0.388 e. The molecule has 2 aromatic heterocycles. The van der Waals surface area contributed by atoms with Crippen molar-refractivity contribution in [1.82, 2.24) is 14.5 Å². The van der Waals surface area contributed by atoms with Crippen LogP contribution in [0, 0.1) is 3.57 Å². The van der Waals surface area contributed by atoms with E-state index >= 15 is 0 Å². The molecule has 0 saturated carbocycles. The first-order valence-electron chi connectivity index (χ1n) is 6.92. The second kappa shape index (κ2) is 7.58. The molecule has 2 rings (SSSR count). The highest BCUT2D eigenvalue weighted by molar-refractivity contribution is 14.1. The van der Waals surface area contributed by atoms with Crippen LogP contribution in [-0.4, -0.2) is 35.8 Å². The molecular weight excluding hydrogens is 459 g/mol. The predicted octanol–water partition coefficient (Wildman–Crippen LogP) is 4.60. The normalized spacial score (nSPS) is 12.3. The van der Waals surface area contributed by atoms with E-state index in [2.05, 4.69) is 34.3 Å². The fourth-order valence-corrected chi connectivity index (χ4v) is 3.61. The molecule has 5 nitrogen and oxygen atoms in total. The lowest BCUT2D eigenvalue weighted by atomic mass is 10.4. The Balaban J connectivity index is 2.23. The summed E-state index contributed by atoms with van der Waals surface area (Å²) in [5.74, 6) is -0.222. The average molecular weight is 476 g/mol. The van der Waals surface area contributed by atoms with Crippen LogP contribution in [0.5, 0.6) is 5.88 Å². The maximum Gasteiger partial charge on any atom is 0.388 e. The highest BCUT2D eigenvalue weighted by atomic mass is 127. The van der Waals surface area contributed by atoms with Gasteiger partial charge in [0.1, 0.15) is 6.73 Å². The number of nitrogens with zero attached hydrogens (tertiary/aromatic N) is 3. The molecule has 0 unspecified atom stereocenters. The van der Waals surface area contributed by atoms with E-state index in [9.17, 15) is 8.78 Å². The topological polar surface area (TPSA) is 49.2 Å². The lowest BCUT2D eigenvalue weighted by Crippen LogP contribution is -2.22. The van der Waals surface area contributed by atoms with Gasteiger partial charge in [-0.2, -0.15) is 18.7 Å². The molecule has 128 valence electrons. The summed E-state index contributed by atoms with van der Waals surface area (Å²) in [6.45, 7) is 4.75. The third-order valence-electron chi connectivity index (χ3n) is 3.04. The molecule has 0 aliphatic rings. The van der Waals surface area contributed by atoms with Crippen molar-refractivity contribution in [3.8, 4) is 5.88 Å². The van der Waals surface area contributed by atoms with Crippen molar-refractivity contribution in [2.45, 2.75) is 39.0 Å². The largest absolute Gasteiger partial charge is 0.416 e. The van der Waals surface area contributed by atoms with E-state index in [4.69, 9.17) is 16.3 Å². The van der Waals surface area contributed by atoms with Gasteiger partial charge in [0.15, 0.2) is 5.65 Å². The molecule has 0 aromatic carbocycles. The van der Waals surface area contributed by atoms with Gasteiger partial charge in [-0.25, -0.2) is 0 Å². The summed E-state index contributed by atoms with van der Waals surface area (Å²) in [5.41, 5.74) is 0.415. The van der Waals surface area contributed by atoms with Crippen LogP contribution in [0.3, 0.4) is 0 Å². The zero-order valence-corrected chi connectivity index (χ0v) is 16.9. The van der Waals surface area contributed by atoms with Crippen molar-refractivity contribution in [1.29, 1.82) is 0 Å². The van der Waals surface area contributed by atoms with Crippen molar-refractivity contribution in [3.63, 3.8) is 0 Å². The molecule has 0 fully saturated rings. The Hall–Kier alpha value is -0.523. The van der Waals surface area contributed by atoms with Gasteiger partial charge in [-0.3, -0.25) is 0 Å². The summed E-state index contributed by atoms with van der Waals surface area (Å²) in [7, 11) is -1.17. The van der Waals surface area contributed by atoms with Gasteiger partial charge in [-0.15, -0.1) is 0 Å². The number of rotatable bonds is 7. The molecule has 2 heterocycles. The van der Waals surface area contributed by atoms with E-state index in [1.807, 2.05) is 22.6 Å². The minimum Gasteiger partial charge on any atom is -0.416 e. The molecule has 0 spiro atoms. The standard InChI is InChI=1S/C13H17ClF2IN3O2Si/c1-23(2,3)5-4-21-7-20-6-8(17)9-10(20)18-12(14)19-11(9)22-13(15)16/h6,13H,4-5,7H2,1-3H3. The van der Waals surface area contributed by atoms with Crippen molar-refractivity contribution in [3.05, 3.63) is 15.1 Å². The Bertz CT molecular complexity index is 694. The molecule has 0 saturated heterocycles. The zero-order chi connectivity index (χ0) is 17.2.